The van der Waals surface area contributed by atoms with E-state index in [1.165, 1.54) is 5.56 Å². The topological polar surface area (TPSA) is 38.2 Å². The summed E-state index contributed by atoms with van der Waals surface area (Å²) in [7, 11) is 1.58. The molecule has 2 rings (SSSR count). The van der Waals surface area contributed by atoms with E-state index >= 15 is 0 Å². The summed E-state index contributed by atoms with van der Waals surface area (Å²) >= 11 is 1.74. The molecule has 1 unspecified atom stereocenters. The molecule has 1 atom stereocenters. The summed E-state index contributed by atoms with van der Waals surface area (Å²) in [6.45, 7) is 6.30. The Bertz CT molecular complexity index is 498. The Balaban J connectivity index is 2.06. The Morgan fingerprint density at radius 2 is 1.95 bits per heavy atom. The maximum atomic E-state index is 4.99. The summed E-state index contributed by atoms with van der Waals surface area (Å²) in [6.07, 6.45) is 4.81. The van der Waals surface area contributed by atoms with Crippen LogP contribution >= 0.6 is 11.3 Å². The summed E-state index contributed by atoms with van der Waals surface area (Å²) in [5, 5.41) is 4.33. The van der Waals surface area contributed by atoms with Gasteiger partial charge in [-0.1, -0.05) is 6.92 Å². The van der Waals surface area contributed by atoms with Crippen molar-refractivity contribution in [3.05, 3.63) is 40.3 Å². The minimum absolute atomic E-state index is 0.418. The van der Waals surface area contributed by atoms with Gasteiger partial charge in [0.1, 0.15) is 0 Å². The molecule has 0 spiro atoms. The SMILES string of the molecule is CCC(C)N(Cc1cnc(OC)nc1)Cc1ccsc1. The van der Waals surface area contributed by atoms with Gasteiger partial charge in [-0.3, -0.25) is 4.90 Å². The zero-order valence-corrected chi connectivity index (χ0v) is 13.1. The van der Waals surface area contributed by atoms with Crippen LogP contribution in [0.3, 0.4) is 0 Å². The highest BCUT2D eigenvalue weighted by Gasteiger charge is 2.14. The molecule has 0 bridgehead atoms. The second kappa shape index (κ2) is 7.36. The maximum absolute atomic E-state index is 4.99. The quantitative estimate of drug-likeness (QED) is 0.784. The van der Waals surface area contributed by atoms with Crippen LogP contribution in [0.25, 0.3) is 0 Å². The molecule has 4 nitrogen and oxygen atoms in total. The van der Waals surface area contributed by atoms with Crippen molar-refractivity contribution < 1.29 is 4.74 Å². The molecule has 0 aliphatic heterocycles. The first kappa shape index (κ1) is 14.9. The fourth-order valence-corrected chi connectivity index (χ4v) is 2.67. The van der Waals surface area contributed by atoms with Crippen molar-refractivity contribution in [2.24, 2.45) is 0 Å². The molecule has 0 aromatic carbocycles. The van der Waals surface area contributed by atoms with Gasteiger partial charge in [-0.05, 0) is 35.7 Å². The molecule has 0 amide bonds. The van der Waals surface area contributed by atoms with Gasteiger partial charge in [0.05, 0.1) is 7.11 Å². The summed E-state index contributed by atoms with van der Waals surface area (Å²) in [6, 6.07) is 3.13. The molecule has 108 valence electrons. The number of aromatic nitrogens is 2. The normalized spacial score (nSPS) is 12.6. The molecule has 0 saturated heterocycles. The lowest BCUT2D eigenvalue weighted by atomic mass is 10.1. The molecule has 2 aromatic rings. The Hall–Kier alpha value is -1.46. The van der Waals surface area contributed by atoms with Crippen molar-refractivity contribution in [3.8, 4) is 6.01 Å². The number of nitrogens with zero attached hydrogens (tertiary/aromatic N) is 3. The third-order valence-electron chi connectivity index (χ3n) is 3.43. The average Bonchev–Trinajstić information content (AvgIpc) is 2.99. The predicted molar refractivity (Wildman–Crippen MR) is 81.9 cm³/mol. The lowest BCUT2D eigenvalue weighted by Gasteiger charge is -2.28. The van der Waals surface area contributed by atoms with E-state index in [0.29, 0.717) is 12.1 Å². The molecule has 0 N–H and O–H groups in total. The second-order valence-electron chi connectivity index (χ2n) is 4.87. The first-order valence-electron chi connectivity index (χ1n) is 6.83. The van der Waals surface area contributed by atoms with Crippen LogP contribution in [0.2, 0.25) is 0 Å². The molecule has 20 heavy (non-hydrogen) atoms. The monoisotopic (exact) mass is 291 g/mol. The molecule has 2 heterocycles. The molecule has 5 heteroatoms. The fourth-order valence-electron chi connectivity index (χ4n) is 2.01. The molecule has 0 aliphatic carbocycles. The molecule has 2 aromatic heterocycles. The van der Waals surface area contributed by atoms with E-state index in [-0.39, 0.29) is 0 Å². The van der Waals surface area contributed by atoms with Gasteiger partial charge in [-0.2, -0.15) is 11.3 Å². The summed E-state index contributed by atoms with van der Waals surface area (Å²) in [4.78, 5) is 10.8. The minimum atomic E-state index is 0.418. The van der Waals surface area contributed by atoms with Gasteiger partial charge in [-0.25, -0.2) is 9.97 Å². The average molecular weight is 291 g/mol. The third-order valence-corrected chi connectivity index (χ3v) is 4.16. The van der Waals surface area contributed by atoms with Crippen LogP contribution in [0.4, 0.5) is 0 Å². The third kappa shape index (κ3) is 4.02. The van der Waals surface area contributed by atoms with Gasteiger partial charge >= 0.3 is 6.01 Å². The van der Waals surface area contributed by atoms with Crippen molar-refractivity contribution in [1.82, 2.24) is 14.9 Å². The van der Waals surface area contributed by atoms with Gasteiger partial charge in [0.25, 0.3) is 0 Å². The lowest BCUT2D eigenvalue weighted by Crippen LogP contribution is -2.31. The zero-order chi connectivity index (χ0) is 14.4. The van der Waals surface area contributed by atoms with Crippen molar-refractivity contribution in [1.29, 1.82) is 0 Å². The number of hydrogen-bond acceptors (Lipinski definition) is 5. The van der Waals surface area contributed by atoms with Crippen molar-refractivity contribution >= 4 is 11.3 Å². The van der Waals surface area contributed by atoms with Crippen LogP contribution in [0.15, 0.2) is 29.2 Å². The van der Waals surface area contributed by atoms with Crippen LogP contribution in [0.1, 0.15) is 31.4 Å². The predicted octanol–water partition coefficient (Wildman–Crippen LogP) is 3.35. The van der Waals surface area contributed by atoms with Gasteiger partial charge < -0.3 is 4.74 Å². The standard InChI is InChI=1S/C15H21N3OS/c1-4-12(2)18(9-13-5-6-20-11-13)10-14-7-16-15(19-3)17-8-14/h5-8,11-12H,4,9-10H2,1-3H3. The van der Waals surface area contributed by atoms with Crippen LogP contribution in [-0.4, -0.2) is 28.0 Å². The molecule has 0 fully saturated rings. The van der Waals surface area contributed by atoms with Gasteiger partial charge in [0.2, 0.25) is 0 Å². The summed E-state index contributed by atoms with van der Waals surface area (Å²) < 4.78 is 4.99. The fraction of sp³-hybridized carbons (Fsp3) is 0.467. The van der Waals surface area contributed by atoms with E-state index in [4.69, 9.17) is 4.74 Å². The number of thiophene rings is 1. The molecule has 0 radical (unpaired) electrons. The molecular formula is C15H21N3OS. The van der Waals surface area contributed by atoms with Crippen molar-refractivity contribution in [2.45, 2.75) is 39.4 Å². The highest BCUT2D eigenvalue weighted by Crippen LogP contribution is 2.16. The zero-order valence-electron chi connectivity index (χ0n) is 12.2. The Morgan fingerprint density at radius 3 is 2.50 bits per heavy atom. The van der Waals surface area contributed by atoms with Gasteiger partial charge in [0.15, 0.2) is 0 Å². The number of methoxy groups -OCH3 is 1. The molecule has 0 saturated carbocycles. The van der Waals surface area contributed by atoms with E-state index < -0.39 is 0 Å². The summed E-state index contributed by atoms with van der Waals surface area (Å²) in [5.41, 5.74) is 2.48. The number of rotatable bonds is 7. The van der Waals surface area contributed by atoms with E-state index in [1.807, 2.05) is 12.4 Å². The first-order valence-corrected chi connectivity index (χ1v) is 7.77. The number of ether oxygens (including phenoxy) is 1. The second-order valence-corrected chi connectivity index (χ2v) is 5.65. The first-order chi connectivity index (χ1) is 9.72. The number of hydrogen-bond donors (Lipinski definition) is 0. The molecular weight excluding hydrogens is 270 g/mol. The van der Waals surface area contributed by atoms with E-state index in [2.05, 4.69) is 45.5 Å². The van der Waals surface area contributed by atoms with Crippen LogP contribution in [0.5, 0.6) is 6.01 Å². The highest BCUT2D eigenvalue weighted by atomic mass is 32.1. The molecule has 0 aliphatic rings. The Morgan fingerprint density at radius 1 is 1.25 bits per heavy atom. The van der Waals surface area contributed by atoms with Crippen LogP contribution in [0, 0.1) is 0 Å². The van der Waals surface area contributed by atoms with Crippen LogP contribution < -0.4 is 4.74 Å². The Labute approximate surface area is 124 Å². The van der Waals surface area contributed by atoms with Gasteiger partial charge in [0, 0.05) is 37.1 Å². The van der Waals surface area contributed by atoms with Gasteiger partial charge in [-0.15, -0.1) is 0 Å². The summed E-state index contributed by atoms with van der Waals surface area (Å²) in [5.74, 6) is 0. The van der Waals surface area contributed by atoms with Crippen molar-refractivity contribution in [2.75, 3.05) is 7.11 Å². The maximum Gasteiger partial charge on any atom is 0.316 e. The largest absolute Gasteiger partial charge is 0.467 e. The smallest absolute Gasteiger partial charge is 0.316 e. The van der Waals surface area contributed by atoms with E-state index in [0.717, 1.165) is 25.1 Å². The lowest BCUT2D eigenvalue weighted by molar-refractivity contribution is 0.185. The Kier molecular flexibility index (Phi) is 5.49. The van der Waals surface area contributed by atoms with E-state index in [9.17, 15) is 0 Å². The van der Waals surface area contributed by atoms with Crippen LogP contribution in [-0.2, 0) is 13.1 Å². The minimum Gasteiger partial charge on any atom is -0.467 e. The highest BCUT2D eigenvalue weighted by molar-refractivity contribution is 7.07. The van der Waals surface area contributed by atoms with E-state index in [1.54, 1.807) is 18.4 Å². The van der Waals surface area contributed by atoms with Crippen molar-refractivity contribution in [3.63, 3.8) is 0 Å².